The van der Waals surface area contributed by atoms with Crippen molar-refractivity contribution in [3.63, 3.8) is 0 Å². The zero-order chi connectivity index (χ0) is 23.2. The number of alkyl halides is 3. The lowest BCUT2D eigenvalue weighted by Crippen LogP contribution is -2.31. The molecule has 11 heteroatoms. The van der Waals surface area contributed by atoms with Crippen molar-refractivity contribution in [3.8, 4) is 16.2 Å². The molecule has 0 amide bonds. The van der Waals surface area contributed by atoms with Crippen molar-refractivity contribution in [3.05, 3.63) is 65.6 Å². The molecule has 170 valence electrons. The maximum absolute atomic E-state index is 13.7. The number of nitrogens with zero attached hydrogens (tertiary/aromatic N) is 3. The van der Waals surface area contributed by atoms with E-state index in [4.69, 9.17) is 10.5 Å². The number of halogens is 4. The van der Waals surface area contributed by atoms with Gasteiger partial charge in [0, 0.05) is 47.4 Å². The van der Waals surface area contributed by atoms with Crippen LogP contribution >= 0.6 is 11.3 Å². The lowest BCUT2D eigenvalue weighted by Gasteiger charge is -2.18. The summed E-state index contributed by atoms with van der Waals surface area (Å²) in [5, 5.41) is 5.28. The van der Waals surface area contributed by atoms with Crippen molar-refractivity contribution in [2.24, 2.45) is 5.73 Å². The molecule has 6 nitrogen and oxygen atoms in total. The first-order valence-electron chi connectivity index (χ1n) is 10.0. The molecular weight excluding hydrogens is 458 g/mol. The summed E-state index contributed by atoms with van der Waals surface area (Å²) in [6.45, 7) is 0.628. The third-order valence-corrected chi connectivity index (χ3v) is 6.33. The number of nitrogens with two attached hydrogens (primary N) is 1. The van der Waals surface area contributed by atoms with Gasteiger partial charge in [-0.25, -0.2) is 9.97 Å². The van der Waals surface area contributed by atoms with E-state index in [0.29, 0.717) is 34.8 Å². The Labute approximate surface area is 189 Å². The molecule has 1 atom stereocenters. The van der Waals surface area contributed by atoms with Crippen LogP contribution in [0.3, 0.4) is 0 Å². The van der Waals surface area contributed by atoms with Gasteiger partial charge in [-0.3, -0.25) is 4.98 Å². The van der Waals surface area contributed by atoms with E-state index >= 15 is 0 Å². The molecule has 0 saturated heterocycles. The Hall–Kier alpha value is -3.31. The first-order chi connectivity index (χ1) is 15.8. The molecule has 0 saturated carbocycles. The third kappa shape index (κ3) is 4.33. The monoisotopic (exact) mass is 475 g/mol. The Morgan fingerprint density at radius 2 is 2.00 bits per heavy atom. The maximum atomic E-state index is 13.7. The van der Waals surface area contributed by atoms with Crippen molar-refractivity contribution in [1.82, 2.24) is 15.0 Å². The van der Waals surface area contributed by atoms with Gasteiger partial charge in [0.25, 0.3) is 0 Å². The number of hydrogen-bond acceptors (Lipinski definition) is 7. The number of pyridine rings is 2. The van der Waals surface area contributed by atoms with Crippen LogP contribution in [-0.2, 0) is 19.2 Å². The fourth-order valence-electron chi connectivity index (χ4n) is 3.68. The van der Waals surface area contributed by atoms with E-state index < -0.39 is 17.8 Å². The molecule has 0 spiro atoms. The summed E-state index contributed by atoms with van der Waals surface area (Å²) >= 11 is 1.44. The molecule has 4 aromatic rings. The van der Waals surface area contributed by atoms with Crippen molar-refractivity contribution in [2.75, 3.05) is 11.9 Å². The number of fused-ring (bicyclic) bond motifs is 5. The van der Waals surface area contributed by atoms with Crippen LogP contribution in [0.4, 0.5) is 22.7 Å². The van der Waals surface area contributed by atoms with Gasteiger partial charge in [0.05, 0.1) is 10.6 Å². The maximum Gasteiger partial charge on any atom is 0.433 e. The lowest BCUT2D eigenvalue weighted by molar-refractivity contribution is -0.141. The minimum absolute atomic E-state index is 0.257. The van der Waals surface area contributed by atoms with Gasteiger partial charge in [0.15, 0.2) is 5.13 Å². The molecule has 0 aliphatic carbocycles. The second-order valence-corrected chi connectivity index (χ2v) is 8.65. The number of nitrogens with one attached hydrogen (secondary N) is 1. The van der Waals surface area contributed by atoms with Gasteiger partial charge < -0.3 is 15.8 Å². The van der Waals surface area contributed by atoms with Gasteiger partial charge in [0.2, 0.25) is 5.95 Å². The van der Waals surface area contributed by atoms with Crippen LogP contribution in [0.15, 0.2) is 42.7 Å². The molecule has 3 aromatic heterocycles. The Kier molecular flexibility index (Phi) is 5.37. The standard InChI is InChI=1S/C22H17F4N5OS/c23-18-6-15-12(8-29-18)2-3-14-19(15)32-10-16-20(14)33-21(31-16)30-9-13(27)5-11-1-4-17(28-7-11)22(24,25)26/h1-4,6-8,13H,5,9-10,27H2,(H,30,31). The molecule has 1 aromatic carbocycles. The molecule has 1 aliphatic heterocycles. The van der Waals surface area contributed by atoms with Crippen molar-refractivity contribution >= 4 is 27.2 Å². The summed E-state index contributed by atoms with van der Waals surface area (Å²) in [6, 6.07) is 7.10. The van der Waals surface area contributed by atoms with E-state index in [0.717, 1.165) is 27.6 Å². The summed E-state index contributed by atoms with van der Waals surface area (Å²) in [5.74, 6) is 0.0252. The quantitative estimate of drug-likeness (QED) is 0.319. The molecule has 3 N–H and O–H groups in total. The highest BCUT2D eigenvalue weighted by Gasteiger charge is 2.32. The fourth-order valence-corrected chi connectivity index (χ4v) is 4.68. The second kappa shape index (κ2) is 8.23. The minimum Gasteiger partial charge on any atom is -0.486 e. The van der Waals surface area contributed by atoms with Crippen LogP contribution in [0.2, 0.25) is 0 Å². The van der Waals surface area contributed by atoms with Crippen LogP contribution in [0.1, 0.15) is 17.0 Å². The van der Waals surface area contributed by atoms with Gasteiger partial charge in [-0.05, 0) is 24.1 Å². The second-order valence-electron chi connectivity index (χ2n) is 7.65. The van der Waals surface area contributed by atoms with Crippen molar-refractivity contribution in [2.45, 2.75) is 25.2 Å². The summed E-state index contributed by atoms with van der Waals surface area (Å²) in [6.07, 6.45) is -1.44. The average Bonchev–Trinajstić information content (AvgIpc) is 3.21. The van der Waals surface area contributed by atoms with Crippen LogP contribution in [-0.4, -0.2) is 27.5 Å². The number of anilines is 1. The van der Waals surface area contributed by atoms with E-state index in [1.54, 1.807) is 0 Å². The highest BCUT2D eigenvalue weighted by Crippen LogP contribution is 2.45. The normalized spacial score (nSPS) is 13.8. The molecular formula is C22H17F4N5OS. The Balaban J connectivity index is 1.28. The smallest absolute Gasteiger partial charge is 0.433 e. The molecule has 0 bridgehead atoms. The summed E-state index contributed by atoms with van der Waals surface area (Å²) in [5.41, 5.74) is 7.44. The summed E-state index contributed by atoms with van der Waals surface area (Å²) in [4.78, 5) is 12.6. The molecule has 0 radical (unpaired) electrons. The topological polar surface area (TPSA) is 86.0 Å². The van der Waals surface area contributed by atoms with Gasteiger partial charge in [-0.1, -0.05) is 23.5 Å². The first kappa shape index (κ1) is 21.5. The lowest BCUT2D eigenvalue weighted by atomic mass is 10.0. The number of aromatic nitrogens is 3. The largest absolute Gasteiger partial charge is 0.486 e. The predicted octanol–water partition coefficient (Wildman–Crippen LogP) is 4.79. The van der Waals surface area contributed by atoms with Gasteiger partial charge >= 0.3 is 6.18 Å². The number of hydrogen-bond donors (Lipinski definition) is 2. The number of thiazole rings is 1. The third-order valence-electron chi connectivity index (χ3n) is 5.24. The molecule has 0 fully saturated rings. The van der Waals surface area contributed by atoms with E-state index in [-0.39, 0.29) is 12.6 Å². The van der Waals surface area contributed by atoms with Crippen LogP contribution < -0.4 is 15.8 Å². The molecule has 4 heterocycles. The minimum atomic E-state index is -4.47. The Morgan fingerprint density at radius 1 is 1.15 bits per heavy atom. The Bertz CT molecular complexity index is 1320. The number of rotatable bonds is 5. The predicted molar refractivity (Wildman–Crippen MR) is 117 cm³/mol. The fraction of sp³-hybridized carbons (Fsp3) is 0.227. The van der Waals surface area contributed by atoms with Crippen LogP contribution in [0.25, 0.3) is 21.2 Å². The SMILES string of the molecule is NC(CNc1nc2c(s1)-c1ccc3cnc(F)cc3c1OC2)Cc1ccc(C(F)(F)F)nc1. The van der Waals surface area contributed by atoms with E-state index in [1.165, 1.54) is 35.9 Å². The molecule has 1 unspecified atom stereocenters. The highest BCUT2D eigenvalue weighted by atomic mass is 32.1. The molecule has 1 aliphatic rings. The van der Waals surface area contributed by atoms with E-state index in [1.807, 2.05) is 12.1 Å². The van der Waals surface area contributed by atoms with Crippen molar-refractivity contribution < 1.29 is 22.3 Å². The summed E-state index contributed by atoms with van der Waals surface area (Å²) in [7, 11) is 0. The van der Waals surface area contributed by atoms with E-state index in [2.05, 4.69) is 20.3 Å². The molecule has 33 heavy (non-hydrogen) atoms. The number of benzene rings is 1. The number of ether oxygens (including phenoxy) is 1. The van der Waals surface area contributed by atoms with E-state index in [9.17, 15) is 17.6 Å². The van der Waals surface area contributed by atoms with Gasteiger partial charge in [0.1, 0.15) is 18.1 Å². The zero-order valence-electron chi connectivity index (χ0n) is 17.0. The average molecular weight is 475 g/mol. The van der Waals surface area contributed by atoms with Crippen LogP contribution in [0.5, 0.6) is 5.75 Å². The first-order valence-corrected chi connectivity index (χ1v) is 10.8. The van der Waals surface area contributed by atoms with Crippen LogP contribution in [0, 0.1) is 5.95 Å². The van der Waals surface area contributed by atoms with Gasteiger partial charge in [-0.2, -0.15) is 17.6 Å². The zero-order valence-corrected chi connectivity index (χ0v) is 17.8. The Morgan fingerprint density at radius 3 is 2.76 bits per heavy atom. The van der Waals surface area contributed by atoms with Crippen molar-refractivity contribution in [1.29, 1.82) is 0 Å². The molecule has 5 rings (SSSR count). The highest BCUT2D eigenvalue weighted by molar-refractivity contribution is 7.19. The van der Waals surface area contributed by atoms with Gasteiger partial charge in [-0.15, -0.1) is 0 Å². The summed E-state index contributed by atoms with van der Waals surface area (Å²) < 4.78 is 57.5.